The molecule has 156 valence electrons. The topological polar surface area (TPSA) is 38.3 Å². The molecule has 0 aromatic heterocycles. The average molecular weight is 422 g/mol. The molecule has 0 heterocycles. The van der Waals surface area contributed by atoms with E-state index in [0.717, 1.165) is 17.0 Å². The third-order valence-corrected chi connectivity index (χ3v) is 5.32. The van der Waals surface area contributed by atoms with Gasteiger partial charge >= 0.3 is 0 Å². The van der Waals surface area contributed by atoms with Crippen LogP contribution in [0.15, 0.2) is 72.8 Å². The van der Waals surface area contributed by atoms with E-state index in [1.807, 2.05) is 31.2 Å². The number of anilines is 1. The minimum atomic E-state index is -0.146. The second kappa shape index (κ2) is 10.3. The lowest BCUT2D eigenvalue weighted by Crippen LogP contribution is -2.16. The highest BCUT2D eigenvalue weighted by Gasteiger charge is 2.18. The molecule has 3 rings (SSSR count). The fourth-order valence-electron chi connectivity index (χ4n) is 3.32. The Kier molecular flexibility index (Phi) is 7.53. The predicted molar refractivity (Wildman–Crippen MR) is 125 cm³/mol. The lowest BCUT2D eigenvalue weighted by atomic mass is 9.95. The standard InChI is InChI=1S/C26H28ClNO2/c1-4-30-24-15-13-23(14-16-24)28-25(20-7-5-19(6-8-20)18(2)3)17-26(29)21-9-11-22(27)12-10-21/h5-16,18,25,28H,4,17H2,1-3H3. The number of rotatable bonds is 9. The van der Waals surface area contributed by atoms with Crippen LogP contribution in [0.3, 0.4) is 0 Å². The number of ether oxygens (including phenoxy) is 1. The number of hydrogen-bond donors (Lipinski definition) is 1. The summed E-state index contributed by atoms with van der Waals surface area (Å²) in [4.78, 5) is 12.9. The van der Waals surface area contributed by atoms with Crippen LogP contribution in [0, 0.1) is 0 Å². The van der Waals surface area contributed by atoms with Crippen molar-refractivity contribution in [2.75, 3.05) is 11.9 Å². The third kappa shape index (κ3) is 5.87. The van der Waals surface area contributed by atoms with Gasteiger partial charge < -0.3 is 10.1 Å². The van der Waals surface area contributed by atoms with Gasteiger partial charge in [0.05, 0.1) is 12.6 Å². The van der Waals surface area contributed by atoms with Gasteiger partial charge in [0.1, 0.15) is 5.75 Å². The molecule has 3 aromatic carbocycles. The van der Waals surface area contributed by atoms with Gasteiger partial charge in [0.25, 0.3) is 0 Å². The Labute approximate surface area is 184 Å². The highest BCUT2D eigenvalue weighted by atomic mass is 35.5. The molecular weight excluding hydrogens is 394 g/mol. The van der Waals surface area contributed by atoms with Crippen LogP contribution in [0.1, 0.15) is 60.6 Å². The summed E-state index contributed by atoms with van der Waals surface area (Å²) in [6.07, 6.45) is 0.343. The first-order valence-electron chi connectivity index (χ1n) is 10.3. The SMILES string of the molecule is CCOc1ccc(NC(CC(=O)c2ccc(Cl)cc2)c2ccc(C(C)C)cc2)cc1. The Balaban J connectivity index is 1.83. The molecule has 0 aliphatic rings. The fraction of sp³-hybridized carbons (Fsp3) is 0.269. The van der Waals surface area contributed by atoms with Gasteiger partial charge in [-0.1, -0.05) is 49.7 Å². The summed E-state index contributed by atoms with van der Waals surface area (Å²) in [5, 5.41) is 4.15. The van der Waals surface area contributed by atoms with Crippen LogP contribution >= 0.6 is 11.6 Å². The minimum absolute atomic E-state index is 0.0723. The van der Waals surface area contributed by atoms with Crippen LogP contribution < -0.4 is 10.1 Å². The maximum atomic E-state index is 12.9. The molecule has 0 spiro atoms. The summed E-state index contributed by atoms with van der Waals surface area (Å²) in [5.74, 6) is 1.37. The van der Waals surface area contributed by atoms with Crippen LogP contribution in [0.2, 0.25) is 5.02 Å². The third-order valence-electron chi connectivity index (χ3n) is 5.07. The molecule has 0 fully saturated rings. The van der Waals surface area contributed by atoms with E-state index in [2.05, 4.69) is 43.4 Å². The molecule has 4 heteroatoms. The minimum Gasteiger partial charge on any atom is -0.494 e. The monoisotopic (exact) mass is 421 g/mol. The molecule has 0 saturated heterocycles. The van der Waals surface area contributed by atoms with E-state index < -0.39 is 0 Å². The molecule has 3 aromatic rings. The van der Waals surface area contributed by atoms with Gasteiger partial charge in [0.2, 0.25) is 0 Å². The predicted octanol–water partition coefficient (Wildman–Crippen LogP) is 7.29. The van der Waals surface area contributed by atoms with E-state index in [1.165, 1.54) is 5.56 Å². The van der Waals surface area contributed by atoms with Crippen molar-refractivity contribution in [3.8, 4) is 5.75 Å². The van der Waals surface area contributed by atoms with E-state index in [-0.39, 0.29) is 11.8 Å². The van der Waals surface area contributed by atoms with E-state index in [0.29, 0.717) is 29.5 Å². The molecule has 1 N–H and O–H groups in total. The molecule has 30 heavy (non-hydrogen) atoms. The van der Waals surface area contributed by atoms with Crippen LogP contribution in [-0.4, -0.2) is 12.4 Å². The average Bonchev–Trinajstić information content (AvgIpc) is 2.75. The highest BCUT2D eigenvalue weighted by molar-refractivity contribution is 6.30. The molecule has 1 atom stereocenters. The number of carbonyl (C=O) groups excluding carboxylic acids is 1. The summed E-state index contributed by atoms with van der Waals surface area (Å²) < 4.78 is 5.53. The first-order valence-corrected chi connectivity index (χ1v) is 10.7. The second-order valence-corrected chi connectivity index (χ2v) is 8.05. The maximum absolute atomic E-state index is 12.9. The summed E-state index contributed by atoms with van der Waals surface area (Å²) in [7, 11) is 0. The molecule has 0 aliphatic heterocycles. The van der Waals surface area contributed by atoms with Crippen molar-refractivity contribution in [2.24, 2.45) is 0 Å². The zero-order chi connectivity index (χ0) is 21.5. The Hall–Kier alpha value is -2.78. The van der Waals surface area contributed by atoms with E-state index in [9.17, 15) is 4.79 Å². The molecule has 0 bridgehead atoms. The van der Waals surface area contributed by atoms with Crippen LogP contribution in [0.4, 0.5) is 5.69 Å². The maximum Gasteiger partial charge on any atom is 0.165 e. The first kappa shape index (κ1) is 21.9. The number of nitrogens with one attached hydrogen (secondary N) is 1. The van der Waals surface area contributed by atoms with Crippen LogP contribution in [0.25, 0.3) is 0 Å². The Morgan fingerprint density at radius 3 is 2.07 bits per heavy atom. The zero-order valence-corrected chi connectivity index (χ0v) is 18.4. The zero-order valence-electron chi connectivity index (χ0n) is 17.7. The molecule has 1 unspecified atom stereocenters. The summed E-state index contributed by atoms with van der Waals surface area (Å²) in [6.45, 7) is 6.95. The lowest BCUT2D eigenvalue weighted by molar-refractivity contribution is 0.0976. The highest BCUT2D eigenvalue weighted by Crippen LogP contribution is 2.27. The van der Waals surface area contributed by atoms with Crippen molar-refractivity contribution in [1.82, 2.24) is 0 Å². The van der Waals surface area contributed by atoms with Gasteiger partial charge in [0.15, 0.2) is 5.78 Å². The van der Waals surface area contributed by atoms with E-state index in [1.54, 1.807) is 24.3 Å². The number of carbonyl (C=O) groups is 1. The second-order valence-electron chi connectivity index (χ2n) is 7.61. The molecule has 0 aliphatic carbocycles. The number of benzene rings is 3. The van der Waals surface area contributed by atoms with E-state index in [4.69, 9.17) is 16.3 Å². The largest absolute Gasteiger partial charge is 0.494 e. The van der Waals surface area contributed by atoms with Gasteiger partial charge in [-0.25, -0.2) is 0 Å². The normalized spacial score (nSPS) is 11.9. The van der Waals surface area contributed by atoms with Crippen molar-refractivity contribution >= 4 is 23.1 Å². The molecule has 0 saturated carbocycles. The Morgan fingerprint density at radius 2 is 1.50 bits per heavy atom. The smallest absolute Gasteiger partial charge is 0.165 e. The fourth-order valence-corrected chi connectivity index (χ4v) is 3.45. The first-order chi connectivity index (χ1) is 14.5. The Morgan fingerprint density at radius 1 is 0.900 bits per heavy atom. The summed E-state index contributed by atoms with van der Waals surface area (Å²) >= 11 is 5.97. The Bertz CT molecular complexity index is 948. The number of Topliss-reactive ketones (excluding diaryl/α,β-unsaturated/α-hetero) is 1. The molecule has 3 nitrogen and oxygen atoms in total. The van der Waals surface area contributed by atoms with Gasteiger partial charge in [-0.3, -0.25) is 4.79 Å². The van der Waals surface area contributed by atoms with Gasteiger partial charge in [0, 0.05) is 22.7 Å². The van der Waals surface area contributed by atoms with Crippen molar-refractivity contribution < 1.29 is 9.53 Å². The number of halogens is 1. The van der Waals surface area contributed by atoms with E-state index >= 15 is 0 Å². The van der Waals surface area contributed by atoms with Crippen molar-refractivity contribution in [2.45, 2.75) is 39.2 Å². The van der Waals surface area contributed by atoms with Gasteiger partial charge in [-0.15, -0.1) is 0 Å². The van der Waals surface area contributed by atoms with Crippen molar-refractivity contribution in [1.29, 1.82) is 0 Å². The van der Waals surface area contributed by atoms with Crippen LogP contribution in [-0.2, 0) is 0 Å². The quantitative estimate of drug-likeness (QED) is 0.368. The van der Waals surface area contributed by atoms with Crippen molar-refractivity contribution in [3.63, 3.8) is 0 Å². The number of ketones is 1. The number of hydrogen-bond acceptors (Lipinski definition) is 3. The molecular formula is C26H28ClNO2. The van der Waals surface area contributed by atoms with Gasteiger partial charge in [-0.2, -0.15) is 0 Å². The summed E-state index contributed by atoms with van der Waals surface area (Å²) in [5.41, 5.74) is 3.97. The molecule has 0 radical (unpaired) electrons. The summed E-state index contributed by atoms with van der Waals surface area (Å²) in [6, 6.07) is 23.2. The lowest BCUT2D eigenvalue weighted by Gasteiger charge is -2.21. The van der Waals surface area contributed by atoms with Gasteiger partial charge in [-0.05, 0) is 72.5 Å². The van der Waals surface area contributed by atoms with Crippen LogP contribution in [0.5, 0.6) is 5.75 Å². The molecule has 0 amide bonds. The van der Waals surface area contributed by atoms with Crippen molar-refractivity contribution in [3.05, 3.63) is 94.5 Å².